The van der Waals surface area contributed by atoms with E-state index in [1.165, 1.54) is 7.11 Å². The van der Waals surface area contributed by atoms with Crippen LogP contribution in [0.4, 0.5) is 5.69 Å². The van der Waals surface area contributed by atoms with E-state index in [4.69, 9.17) is 9.47 Å². The highest BCUT2D eigenvalue weighted by atomic mass is 16.5. The molecule has 4 nitrogen and oxygen atoms in total. The number of hydrogen-bond donors (Lipinski definition) is 0. The van der Waals surface area contributed by atoms with E-state index in [2.05, 4.69) is 4.90 Å². The fourth-order valence-corrected chi connectivity index (χ4v) is 1.96. The molecule has 1 aliphatic heterocycles. The van der Waals surface area contributed by atoms with Crippen LogP contribution in [0.25, 0.3) is 0 Å². The average molecular weight is 235 g/mol. The summed E-state index contributed by atoms with van der Waals surface area (Å²) in [6.07, 6.45) is 0. The van der Waals surface area contributed by atoms with Gasteiger partial charge in [0, 0.05) is 18.8 Å². The van der Waals surface area contributed by atoms with Gasteiger partial charge in [-0.25, -0.2) is 4.79 Å². The summed E-state index contributed by atoms with van der Waals surface area (Å²) in [5.41, 5.74) is 2.63. The van der Waals surface area contributed by atoms with Gasteiger partial charge < -0.3 is 14.4 Å². The maximum Gasteiger partial charge on any atom is 0.338 e. The molecular weight excluding hydrogens is 218 g/mol. The largest absolute Gasteiger partial charge is 0.465 e. The highest BCUT2D eigenvalue weighted by molar-refractivity contribution is 5.92. The Morgan fingerprint density at radius 1 is 1.35 bits per heavy atom. The molecule has 1 aromatic rings. The van der Waals surface area contributed by atoms with E-state index in [0.717, 1.165) is 37.6 Å². The molecule has 92 valence electrons. The Morgan fingerprint density at radius 2 is 2.06 bits per heavy atom. The van der Waals surface area contributed by atoms with Crippen molar-refractivity contribution in [3.05, 3.63) is 29.3 Å². The van der Waals surface area contributed by atoms with E-state index in [0.29, 0.717) is 5.56 Å². The molecule has 1 aromatic carbocycles. The van der Waals surface area contributed by atoms with Crippen LogP contribution < -0.4 is 4.90 Å². The molecule has 0 atom stereocenters. The van der Waals surface area contributed by atoms with Crippen LogP contribution in [0.5, 0.6) is 0 Å². The Bertz CT molecular complexity index is 411. The topological polar surface area (TPSA) is 38.8 Å². The van der Waals surface area contributed by atoms with Gasteiger partial charge in [0.2, 0.25) is 0 Å². The molecule has 0 unspecified atom stereocenters. The third kappa shape index (κ3) is 2.58. The first kappa shape index (κ1) is 11.9. The smallest absolute Gasteiger partial charge is 0.338 e. The van der Waals surface area contributed by atoms with E-state index >= 15 is 0 Å². The van der Waals surface area contributed by atoms with Crippen LogP contribution in [-0.2, 0) is 9.47 Å². The van der Waals surface area contributed by atoms with Gasteiger partial charge in [0.25, 0.3) is 0 Å². The van der Waals surface area contributed by atoms with Crippen molar-refractivity contribution in [3.63, 3.8) is 0 Å². The molecule has 0 radical (unpaired) electrons. The zero-order valence-electron chi connectivity index (χ0n) is 10.2. The molecule has 0 bridgehead atoms. The summed E-state index contributed by atoms with van der Waals surface area (Å²) in [7, 11) is 1.41. The molecular formula is C13H17NO3. The van der Waals surface area contributed by atoms with Gasteiger partial charge in [-0.2, -0.15) is 0 Å². The van der Waals surface area contributed by atoms with Crippen molar-refractivity contribution in [2.45, 2.75) is 6.92 Å². The summed E-state index contributed by atoms with van der Waals surface area (Å²) >= 11 is 0. The number of carbonyl (C=O) groups excluding carboxylic acids is 1. The van der Waals surface area contributed by atoms with Crippen molar-refractivity contribution in [2.24, 2.45) is 0 Å². The third-order valence-corrected chi connectivity index (χ3v) is 3.00. The van der Waals surface area contributed by atoms with E-state index in [-0.39, 0.29) is 5.97 Å². The lowest BCUT2D eigenvalue weighted by Crippen LogP contribution is -2.36. The maximum absolute atomic E-state index is 11.6. The molecule has 0 aliphatic carbocycles. The molecule has 0 amide bonds. The van der Waals surface area contributed by atoms with Gasteiger partial charge in [-0.1, -0.05) is 6.07 Å². The van der Waals surface area contributed by atoms with Gasteiger partial charge in [-0.3, -0.25) is 0 Å². The lowest BCUT2D eigenvalue weighted by molar-refractivity contribution is 0.0600. The van der Waals surface area contributed by atoms with Gasteiger partial charge >= 0.3 is 5.97 Å². The van der Waals surface area contributed by atoms with E-state index < -0.39 is 0 Å². The number of hydrogen-bond acceptors (Lipinski definition) is 4. The first-order chi connectivity index (χ1) is 8.22. The summed E-state index contributed by atoms with van der Waals surface area (Å²) in [6.45, 7) is 5.12. The van der Waals surface area contributed by atoms with E-state index in [9.17, 15) is 4.79 Å². The molecule has 4 heteroatoms. The maximum atomic E-state index is 11.6. The zero-order valence-corrected chi connectivity index (χ0v) is 10.2. The van der Waals surface area contributed by atoms with Crippen LogP contribution in [0.3, 0.4) is 0 Å². The molecule has 0 saturated carbocycles. The minimum atomic E-state index is -0.280. The quantitative estimate of drug-likeness (QED) is 0.730. The predicted molar refractivity (Wildman–Crippen MR) is 65.6 cm³/mol. The van der Waals surface area contributed by atoms with Crippen LogP contribution in [-0.4, -0.2) is 39.4 Å². The van der Waals surface area contributed by atoms with E-state index in [1.54, 1.807) is 0 Å². The highest BCUT2D eigenvalue weighted by Gasteiger charge is 2.15. The van der Waals surface area contributed by atoms with Crippen LogP contribution in [0.2, 0.25) is 0 Å². The van der Waals surface area contributed by atoms with Crippen LogP contribution >= 0.6 is 0 Å². The lowest BCUT2D eigenvalue weighted by atomic mass is 10.1. The van der Waals surface area contributed by atoms with Gasteiger partial charge in [0.05, 0.1) is 25.9 Å². The molecule has 2 rings (SSSR count). The number of methoxy groups -OCH3 is 1. The van der Waals surface area contributed by atoms with Crippen LogP contribution in [0.15, 0.2) is 18.2 Å². The average Bonchev–Trinajstić information content (AvgIpc) is 2.39. The van der Waals surface area contributed by atoms with Crippen molar-refractivity contribution in [1.82, 2.24) is 0 Å². The first-order valence-electron chi connectivity index (χ1n) is 5.74. The van der Waals surface area contributed by atoms with Crippen LogP contribution in [0.1, 0.15) is 15.9 Å². The number of carbonyl (C=O) groups is 1. The number of aryl methyl sites for hydroxylation is 1. The Morgan fingerprint density at radius 3 is 2.71 bits per heavy atom. The SMILES string of the molecule is COC(=O)c1cc(N2CCOCC2)ccc1C. The molecule has 0 N–H and O–H groups in total. The van der Waals surface area contributed by atoms with Crippen molar-refractivity contribution in [1.29, 1.82) is 0 Å². The zero-order chi connectivity index (χ0) is 12.3. The number of nitrogens with zero attached hydrogens (tertiary/aromatic N) is 1. The minimum absolute atomic E-state index is 0.280. The molecule has 1 saturated heterocycles. The minimum Gasteiger partial charge on any atom is -0.465 e. The number of benzene rings is 1. The molecule has 1 fully saturated rings. The number of anilines is 1. The highest BCUT2D eigenvalue weighted by Crippen LogP contribution is 2.20. The standard InChI is InChI=1S/C13H17NO3/c1-10-3-4-11(9-12(10)13(15)16-2)14-5-7-17-8-6-14/h3-4,9H,5-8H2,1-2H3. The first-order valence-corrected chi connectivity index (χ1v) is 5.74. The van der Waals surface area contributed by atoms with Gasteiger partial charge in [-0.05, 0) is 24.6 Å². The third-order valence-electron chi connectivity index (χ3n) is 3.00. The molecule has 1 heterocycles. The second-order valence-corrected chi connectivity index (χ2v) is 4.09. The number of morpholine rings is 1. The Hall–Kier alpha value is -1.55. The Balaban J connectivity index is 2.26. The summed E-state index contributed by atoms with van der Waals surface area (Å²) in [4.78, 5) is 13.8. The summed E-state index contributed by atoms with van der Waals surface area (Å²) in [6, 6.07) is 5.89. The van der Waals surface area contributed by atoms with Gasteiger partial charge in [0.15, 0.2) is 0 Å². The lowest BCUT2D eigenvalue weighted by Gasteiger charge is -2.29. The van der Waals surface area contributed by atoms with Crippen molar-refractivity contribution < 1.29 is 14.3 Å². The molecule has 1 aliphatic rings. The summed E-state index contributed by atoms with van der Waals surface area (Å²) in [5, 5.41) is 0. The second kappa shape index (κ2) is 5.19. The van der Waals surface area contributed by atoms with Gasteiger partial charge in [0.1, 0.15) is 0 Å². The van der Waals surface area contributed by atoms with Crippen molar-refractivity contribution >= 4 is 11.7 Å². The second-order valence-electron chi connectivity index (χ2n) is 4.09. The van der Waals surface area contributed by atoms with Crippen molar-refractivity contribution in [3.8, 4) is 0 Å². The molecule has 17 heavy (non-hydrogen) atoms. The fourth-order valence-electron chi connectivity index (χ4n) is 1.96. The number of rotatable bonds is 2. The normalized spacial score (nSPS) is 15.8. The molecule has 0 aromatic heterocycles. The predicted octanol–water partition coefficient (Wildman–Crippen LogP) is 1.62. The summed E-state index contributed by atoms with van der Waals surface area (Å²) < 4.78 is 10.1. The fraction of sp³-hybridized carbons (Fsp3) is 0.462. The molecule has 0 spiro atoms. The van der Waals surface area contributed by atoms with E-state index in [1.807, 2.05) is 25.1 Å². The van der Waals surface area contributed by atoms with Crippen LogP contribution in [0, 0.1) is 6.92 Å². The van der Waals surface area contributed by atoms with Gasteiger partial charge in [-0.15, -0.1) is 0 Å². The number of esters is 1. The number of ether oxygens (including phenoxy) is 2. The Kier molecular flexibility index (Phi) is 3.64. The monoisotopic (exact) mass is 235 g/mol. The Labute approximate surface area is 101 Å². The van der Waals surface area contributed by atoms with Crippen molar-refractivity contribution in [2.75, 3.05) is 38.3 Å². The summed E-state index contributed by atoms with van der Waals surface area (Å²) in [5.74, 6) is -0.280.